The van der Waals surface area contributed by atoms with Gasteiger partial charge in [-0.15, -0.1) is 0 Å². The number of carbonyl (C=O) groups is 1. The first-order valence-electron chi connectivity index (χ1n) is 6.63. The van der Waals surface area contributed by atoms with Crippen molar-refractivity contribution in [1.82, 2.24) is 5.43 Å². The molecule has 0 heterocycles. The molecule has 0 radical (unpaired) electrons. The van der Waals surface area contributed by atoms with E-state index in [0.29, 0.717) is 11.3 Å². The van der Waals surface area contributed by atoms with Crippen LogP contribution in [0, 0.1) is 17.0 Å². The molecule has 0 unspecified atom stereocenters. The molecule has 1 amide bonds. The first kappa shape index (κ1) is 15.4. The Morgan fingerprint density at radius 2 is 1.59 bits per heavy atom. The van der Waals surface area contributed by atoms with Crippen molar-refractivity contribution in [3.05, 3.63) is 75.3 Å². The predicted molar refractivity (Wildman–Crippen MR) is 84.0 cm³/mol. The molecule has 22 heavy (non-hydrogen) atoms. The molecule has 0 aromatic heterocycles. The summed E-state index contributed by atoms with van der Waals surface area (Å²) in [5.41, 5.74) is 5.42. The van der Waals surface area contributed by atoms with Crippen LogP contribution in [0.5, 0.6) is 0 Å². The highest BCUT2D eigenvalue weighted by Crippen LogP contribution is 2.11. The number of benzene rings is 2. The average Bonchev–Trinajstić information content (AvgIpc) is 2.53. The van der Waals surface area contributed by atoms with Gasteiger partial charge in [-0.25, -0.2) is 5.43 Å². The van der Waals surface area contributed by atoms with Crippen molar-refractivity contribution in [2.24, 2.45) is 5.10 Å². The molecule has 0 aliphatic carbocycles. The van der Waals surface area contributed by atoms with Gasteiger partial charge < -0.3 is 0 Å². The first-order chi connectivity index (χ1) is 10.5. The molecule has 0 aliphatic heterocycles. The number of rotatable bonds is 4. The lowest BCUT2D eigenvalue weighted by Gasteiger charge is -2.03. The largest absolute Gasteiger partial charge is 0.271 e. The Morgan fingerprint density at radius 3 is 2.14 bits per heavy atom. The molecule has 112 valence electrons. The molecule has 0 saturated carbocycles. The van der Waals surface area contributed by atoms with Gasteiger partial charge in [0, 0.05) is 17.7 Å². The van der Waals surface area contributed by atoms with Gasteiger partial charge in [-0.2, -0.15) is 5.10 Å². The zero-order valence-corrected chi connectivity index (χ0v) is 12.2. The third-order valence-corrected chi connectivity index (χ3v) is 3.13. The molecule has 0 bridgehead atoms. The molecule has 0 aliphatic rings. The van der Waals surface area contributed by atoms with Crippen LogP contribution in [0.15, 0.2) is 53.6 Å². The Kier molecular flexibility index (Phi) is 4.63. The number of carbonyl (C=O) groups excluding carboxylic acids is 1. The second-order valence-corrected chi connectivity index (χ2v) is 4.81. The highest BCUT2D eigenvalue weighted by Gasteiger charge is 2.09. The van der Waals surface area contributed by atoms with E-state index in [1.807, 2.05) is 31.2 Å². The normalized spacial score (nSPS) is 11.1. The molecule has 1 N–H and O–H groups in total. The van der Waals surface area contributed by atoms with E-state index in [9.17, 15) is 14.9 Å². The van der Waals surface area contributed by atoms with E-state index in [1.165, 1.54) is 24.3 Å². The SMILES string of the molecule is C/C(=N/NC(=O)c1ccc([N+](=O)[O-])cc1)c1ccc(C)cc1. The molecular formula is C16H15N3O3. The topological polar surface area (TPSA) is 84.6 Å². The van der Waals surface area contributed by atoms with Crippen LogP contribution in [-0.2, 0) is 0 Å². The number of nitro benzene ring substituents is 1. The fourth-order valence-electron chi connectivity index (χ4n) is 1.79. The highest BCUT2D eigenvalue weighted by molar-refractivity contribution is 6.00. The third kappa shape index (κ3) is 3.76. The van der Waals surface area contributed by atoms with Crippen molar-refractivity contribution < 1.29 is 9.72 Å². The summed E-state index contributed by atoms with van der Waals surface area (Å²) in [6, 6.07) is 13.1. The van der Waals surface area contributed by atoms with Crippen molar-refractivity contribution >= 4 is 17.3 Å². The van der Waals surface area contributed by atoms with E-state index < -0.39 is 10.8 Å². The number of hydrogen-bond donors (Lipinski definition) is 1. The number of hydrogen-bond acceptors (Lipinski definition) is 4. The van der Waals surface area contributed by atoms with Crippen LogP contribution < -0.4 is 5.43 Å². The van der Waals surface area contributed by atoms with E-state index in [-0.39, 0.29) is 5.69 Å². The molecule has 2 rings (SSSR count). The Hall–Kier alpha value is -3.02. The van der Waals surface area contributed by atoms with E-state index in [1.54, 1.807) is 6.92 Å². The Morgan fingerprint density at radius 1 is 1.05 bits per heavy atom. The smallest absolute Gasteiger partial charge is 0.267 e. The van der Waals surface area contributed by atoms with Crippen LogP contribution in [0.3, 0.4) is 0 Å². The number of non-ortho nitro benzene ring substituents is 1. The molecular weight excluding hydrogens is 282 g/mol. The monoisotopic (exact) mass is 297 g/mol. The maximum Gasteiger partial charge on any atom is 0.271 e. The summed E-state index contributed by atoms with van der Waals surface area (Å²) >= 11 is 0. The van der Waals surface area contributed by atoms with Crippen LogP contribution in [0.2, 0.25) is 0 Å². The quantitative estimate of drug-likeness (QED) is 0.534. The third-order valence-electron chi connectivity index (χ3n) is 3.13. The Balaban J connectivity index is 2.06. The van der Waals surface area contributed by atoms with Gasteiger partial charge in [-0.1, -0.05) is 29.8 Å². The molecule has 0 atom stereocenters. The lowest BCUT2D eigenvalue weighted by atomic mass is 10.1. The number of aryl methyl sites for hydroxylation is 1. The minimum Gasteiger partial charge on any atom is -0.267 e. The predicted octanol–water partition coefficient (Wildman–Crippen LogP) is 3.06. The molecule has 0 saturated heterocycles. The maximum absolute atomic E-state index is 11.9. The first-order valence-corrected chi connectivity index (χ1v) is 6.63. The van der Waals surface area contributed by atoms with Crippen LogP contribution >= 0.6 is 0 Å². The van der Waals surface area contributed by atoms with Gasteiger partial charge in [0.05, 0.1) is 10.6 Å². The highest BCUT2D eigenvalue weighted by atomic mass is 16.6. The minimum atomic E-state index is -0.513. The van der Waals surface area contributed by atoms with Crippen molar-refractivity contribution in [1.29, 1.82) is 0 Å². The zero-order chi connectivity index (χ0) is 16.1. The van der Waals surface area contributed by atoms with Gasteiger partial charge >= 0.3 is 0 Å². The van der Waals surface area contributed by atoms with Crippen LogP contribution in [0.4, 0.5) is 5.69 Å². The number of nitrogens with zero attached hydrogens (tertiary/aromatic N) is 2. The second kappa shape index (κ2) is 6.62. The van der Waals surface area contributed by atoms with E-state index >= 15 is 0 Å². The summed E-state index contributed by atoms with van der Waals surface area (Å²) in [5.74, 6) is -0.415. The molecule has 2 aromatic rings. The molecule has 0 fully saturated rings. The van der Waals surface area contributed by atoms with Crippen LogP contribution in [0.25, 0.3) is 0 Å². The molecule has 2 aromatic carbocycles. The van der Waals surface area contributed by atoms with Gasteiger partial charge in [-0.05, 0) is 31.5 Å². The van der Waals surface area contributed by atoms with Gasteiger partial charge in [-0.3, -0.25) is 14.9 Å². The van der Waals surface area contributed by atoms with E-state index in [4.69, 9.17) is 0 Å². The number of amides is 1. The van der Waals surface area contributed by atoms with Crippen molar-refractivity contribution in [3.63, 3.8) is 0 Å². The fraction of sp³-hybridized carbons (Fsp3) is 0.125. The number of nitrogens with one attached hydrogen (secondary N) is 1. The summed E-state index contributed by atoms with van der Waals surface area (Å²) < 4.78 is 0. The lowest BCUT2D eigenvalue weighted by Crippen LogP contribution is -2.19. The van der Waals surface area contributed by atoms with Crippen molar-refractivity contribution in [3.8, 4) is 0 Å². The summed E-state index contributed by atoms with van der Waals surface area (Å²) in [6.07, 6.45) is 0. The van der Waals surface area contributed by atoms with Gasteiger partial charge in [0.2, 0.25) is 0 Å². The number of nitro groups is 1. The van der Waals surface area contributed by atoms with Gasteiger partial charge in [0.15, 0.2) is 0 Å². The lowest BCUT2D eigenvalue weighted by molar-refractivity contribution is -0.384. The molecule has 6 heteroatoms. The Bertz CT molecular complexity index is 719. The summed E-state index contributed by atoms with van der Waals surface area (Å²) in [7, 11) is 0. The maximum atomic E-state index is 11.9. The van der Waals surface area contributed by atoms with E-state index in [2.05, 4.69) is 10.5 Å². The fourth-order valence-corrected chi connectivity index (χ4v) is 1.79. The Labute approximate surface area is 127 Å². The summed E-state index contributed by atoms with van der Waals surface area (Å²) in [5, 5.41) is 14.6. The van der Waals surface area contributed by atoms with Gasteiger partial charge in [0.1, 0.15) is 0 Å². The second-order valence-electron chi connectivity index (χ2n) is 4.81. The average molecular weight is 297 g/mol. The summed E-state index contributed by atoms with van der Waals surface area (Å²) in [6.45, 7) is 3.79. The van der Waals surface area contributed by atoms with Crippen LogP contribution in [-0.4, -0.2) is 16.5 Å². The summed E-state index contributed by atoms with van der Waals surface area (Å²) in [4.78, 5) is 22.0. The molecule has 6 nitrogen and oxygen atoms in total. The molecule has 0 spiro atoms. The van der Waals surface area contributed by atoms with Crippen molar-refractivity contribution in [2.45, 2.75) is 13.8 Å². The zero-order valence-electron chi connectivity index (χ0n) is 12.2. The number of hydrazone groups is 1. The van der Waals surface area contributed by atoms with E-state index in [0.717, 1.165) is 11.1 Å². The van der Waals surface area contributed by atoms with Crippen molar-refractivity contribution in [2.75, 3.05) is 0 Å². The minimum absolute atomic E-state index is 0.0594. The van der Waals surface area contributed by atoms with Crippen LogP contribution in [0.1, 0.15) is 28.4 Å². The standard InChI is InChI=1S/C16H15N3O3/c1-11-3-5-13(6-4-11)12(2)17-18-16(20)14-7-9-15(10-8-14)19(21)22/h3-10H,1-2H3,(H,18,20)/b17-12-. The van der Waals surface area contributed by atoms with Gasteiger partial charge in [0.25, 0.3) is 11.6 Å².